The van der Waals surface area contributed by atoms with Crippen LogP contribution in [0.2, 0.25) is 0 Å². The Morgan fingerprint density at radius 2 is 1.75 bits per heavy atom. The summed E-state index contributed by atoms with van der Waals surface area (Å²) in [5, 5.41) is 16.1. The van der Waals surface area contributed by atoms with Gasteiger partial charge in [-0.15, -0.1) is 11.3 Å². The van der Waals surface area contributed by atoms with E-state index in [2.05, 4.69) is 23.7 Å². The number of rotatable bonds is 3. The molecule has 2 N–H and O–H groups in total. The molecule has 0 unspecified atom stereocenters. The predicted molar refractivity (Wildman–Crippen MR) is 93.0 cm³/mol. The molecule has 2 aromatic rings. The molecule has 130 valence electrons. The molecule has 3 rings (SSSR count). The fourth-order valence-electron chi connectivity index (χ4n) is 2.83. The van der Waals surface area contributed by atoms with Gasteiger partial charge in [0.15, 0.2) is 0 Å². The van der Waals surface area contributed by atoms with Gasteiger partial charge >= 0.3 is 11.9 Å². The smallest absolute Gasteiger partial charge is 0.414 e. The Balaban J connectivity index is 0.000000301. The third-order valence-corrected chi connectivity index (χ3v) is 5.09. The highest BCUT2D eigenvalue weighted by atomic mass is 32.1. The zero-order valence-corrected chi connectivity index (χ0v) is 14.8. The molecule has 1 aliphatic rings. The maximum Gasteiger partial charge on any atom is 0.414 e. The molecule has 0 radical (unpaired) electrons. The second-order valence-electron chi connectivity index (χ2n) is 5.41. The standard InChI is InChI=1S/C14H19N3S.C2H2O4/c1-4-17(5-2)13-12-10-7-6-8-11(10)18-14(12)16-9(3)15-13;3-1(4)2(5)6/h4-8H2,1-3H3;(H,3,4)(H,5,6). The van der Waals surface area contributed by atoms with Gasteiger partial charge in [0.1, 0.15) is 16.5 Å². The molecule has 0 amide bonds. The van der Waals surface area contributed by atoms with Crippen LogP contribution in [0.3, 0.4) is 0 Å². The zero-order valence-electron chi connectivity index (χ0n) is 14.0. The van der Waals surface area contributed by atoms with Crippen LogP contribution >= 0.6 is 11.3 Å². The summed E-state index contributed by atoms with van der Waals surface area (Å²) in [6.07, 6.45) is 3.73. The highest BCUT2D eigenvalue weighted by molar-refractivity contribution is 7.19. The molecule has 8 heteroatoms. The van der Waals surface area contributed by atoms with Crippen molar-refractivity contribution in [3.63, 3.8) is 0 Å². The fraction of sp³-hybridized carbons (Fsp3) is 0.500. The number of hydrogen-bond acceptors (Lipinski definition) is 6. The van der Waals surface area contributed by atoms with Crippen molar-refractivity contribution in [2.24, 2.45) is 0 Å². The highest BCUT2D eigenvalue weighted by Crippen LogP contribution is 2.40. The van der Waals surface area contributed by atoms with Crippen molar-refractivity contribution in [3.8, 4) is 0 Å². The van der Waals surface area contributed by atoms with Gasteiger partial charge in [-0.3, -0.25) is 0 Å². The highest BCUT2D eigenvalue weighted by Gasteiger charge is 2.23. The Bertz CT molecular complexity index is 756. The van der Waals surface area contributed by atoms with Crippen LogP contribution in [0, 0.1) is 6.92 Å². The van der Waals surface area contributed by atoms with Crippen LogP contribution in [-0.2, 0) is 22.4 Å². The molecular weight excluding hydrogens is 330 g/mol. The first-order chi connectivity index (χ1) is 11.4. The van der Waals surface area contributed by atoms with E-state index >= 15 is 0 Å². The first-order valence-electron chi connectivity index (χ1n) is 7.89. The number of anilines is 1. The van der Waals surface area contributed by atoms with Gasteiger partial charge in [0, 0.05) is 18.0 Å². The third-order valence-electron chi connectivity index (χ3n) is 3.90. The van der Waals surface area contributed by atoms with Gasteiger partial charge in [0.25, 0.3) is 0 Å². The first kappa shape index (κ1) is 18.1. The van der Waals surface area contributed by atoms with E-state index in [9.17, 15) is 0 Å². The van der Waals surface area contributed by atoms with Crippen molar-refractivity contribution in [3.05, 3.63) is 16.3 Å². The minimum atomic E-state index is -1.82. The summed E-state index contributed by atoms with van der Waals surface area (Å²) >= 11 is 1.88. The molecule has 0 atom stereocenters. The maximum absolute atomic E-state index is 9.10. The minimum Gasteiger partial charge on any atom is -0.473 e. The zero-order chi connectivity index (χ0) is 17.9. The second kappa shape index (κ2) is 7.57. The van der Waals surface area contributed by atoms with Gasteiger partial charge in [0.2, 0.25) is 0 Å². The van der Waals surface area contributed by atoms with Crippen LogP contribution in [-0.4, -0.2) is 45.2 Å². The molecule has 0 fully saturated rings. The number of aliphatic carboxylic acids is 2. The first-order valence-corrected chi connectivity index (χ1v) is 8.70. The van der Waals surface area contributed by atoms with Crippen molar-refractivity contribution in [2.45, 2.75) is 40.0 Å². The fourth-order valence-corrected chi connectivity index (χ4v) is 4.13. The lowest BCUT2D eigenvalue weighted by Gasteiger charge is -2.21. The second-order valence-corrected chi connectivity index (χ2v) is 6.50. The van der Waals surface area contributed by atoms with E-state index in [4.69, 9.17) is 24.8 Å². The quantitative estimate of drug-likeness (QED) is 0.819. The Morgan fingerprint density at radius 3 is 2.29 bits per heavy atom. The van der Waals surface area contributed by atoms with Crippen molar-refractivity contribution >= 4 is 39.3 Å². The number of thiophene rings is 1. The number of carboxylic acids is 2. The average molecular weight is 351 g/mol. The van der Waals surface area contributed by atoms with Crippen molar-refractivity contribution in [2.75, 3.05) is 18.0 Å². The molecule has 1 aliphatic carbocycles. The number of carbonyl (C=O) groups is 2. The summed E-state index contributed by atoms with van der Waals surface area (Å²) in [6.45, 7) is 8.40. The summed E-state index contributed by atoms with van der Waals surface area (Å²) in [6, 6.07) is 0. The normalized spacial score (nSPS) is 12.5. The van der Waals surface area contributed by atoms with Gasteiger partial charge in [-0.05, 0) is 45.6 Å². The molecule has 7 nitrogen and oxygen atoms in total. The third kappa shape index (κ3) is 3.64. The number of hydrogen-bond donors (Lipinski definition) is 2. The summed E-state index contributed by atoms with van der Waals surface area (Å²) in [7, 11) is 0. The maximum atomic E-state index is 9.10. The monoisotopic (exact) mass is 351 g/mol. The summed E-state index contributed by atoms with van der Waals surface area (Å²) in [5.74, 6) is -1.60. The molecule has 0 aliphatic heterocycles. The van der Waals surface area contributed by atoms with Crippen molar-refractivity contribution in [1.82, 2.24) is 9.97 Å². The van der Waals surface area contributed by atoms with Gasteiger partial charge in [0.05, 0.1) is 5.39 Å². The van der Waals surface area contributed by atoms with Crippen molar-refractivity contribution in [1.29, 1.82) is 0 Å². The topological polar surface area (TPSA) is 104 Å². The van der Waals surface area contributed by atoms with E-state index in [0.29, 0.717) is 0 Å². The van der Waals surface area contributed by atoms with Crippen LogP contribution in [0.15, 0.2) is 0 Å². The van der Waals surface area contributed by atoms with E-state index in [-0.39, 0.29) is 0 Å². The van der Waals surface area contributed by atoms with Crippen LogP contribution in [0.4, 0.5) is 5.82 Å². The molecular formula is C16H21N3O4S. The molecule has 2 aromatic heterocycles. The van der Waals surface area contributed by atoms with Gasteiger partial charge in [-0.25, -0.2) is 19.6 Å². The number of aromatic nitrogens is 2. The lowest BCUT2D eigenvalue weighted by Crippen LogP contribution is -2.23. The number of fused-ring (bicyclic) bond motifs is 3. The molecule has 0 aromatic carbocycles. The summed E-state index contributed by atoms with van der Waals surface area (Å²) in [4.78, 5) is 32.6. The molecule has 0 spiro atoms. The molecule has 0 saturated carbocycles. The largest absolute Gasteiger partial charge is 0.473 e. The van der Waals surface area contributed by atoms with Gasteiger partial charge in [-0.2, -0.15) is 0 Å². The number of nitrogens with zero attached hydrogens (tertiary/aromatic N) is 3. The molecule has 24 heavy (non-hydrogen) atoms. The van der Waals surface area contributed by atoms with E-state index in [1.54, 1.807) is 4.88 Å². The van der Waals surface area contributed by atoms with Crippen LogP contribution in [0.5, 0.6) is 0 Å². The molecule has 0 saturated heterocycles. The Kier molecular flexibility index (Phi) is 5.71. The minimum absolute atomic E-state index is 0.893. The van der Waals surface area contributed by atoms with Crippen molar-refractivity contribution < 1.29 is 19.8 Å². The van der Waals surface area contributed by atoms with Crippen LogP contribution in [0.25, 0.3) is 10.2 Å². The SMILES string of the molecule is CCN(CC)c1nc(C)nc2sc3c(c12)CCC3.O=C(O)C(=O)O. The van der Waals surface area contributed by atoms with E-state index < -0.39 is 11.9 Å². The summed E-state index contributed by atoms with van der Waals surface area (Å²) < 4.78 is 0. The molecule has 2 heterocycles. The Hall–Kier alpha value is -2.22. The van der Waals surface area contributed by atoms with E-state index in [1.165, 1.54) is 35.0 Å². The summed E-state index contributed by atoms with van der Waals surface area (Å²) in [5.41, 5.74) is 1.52. The number of aryl methyl sites for hydroxylation is 3. The Morgan fingerprint density at radius 1 is 1.12 bits per heavy atom. The van der Waals surface area contributed by atoms with Crippen LogP contribution < -0.4 is 4.90 Å². The van der Waals surface area contributed by atoms with E-state index in [1.807, 2.05) is 18.3 Å². The van der Waals surface area contributed by atoms with Crippen LogP contribution in [0.1, 0.15) is 36.5 Å². The number of carboxylic acid groups (broad SMARTS) is 2. The lowest BCUT2D eigenvalue weighted by atomic mass is 10.2. The molecule has 0 bridgehead atoms. The van der Waals surface area contributed by atoms with Gasteiger partial charge < -0.3 is 15.1 Å². The average Bonchev–Trinajstić information content (AvgIpc) is 3.08. The Labute approximate surface area is 144 Å². The van der Waals surface area contributed by atoms with E-state index in [0.717, 1.165) is 24.7 Å². The predicted octanol–water partition coefficient (Wildman–Crippen LogP) is 2.49. The lowest BCUT2D eigenvalue weighted by molar-refractivity contribution is -0.159. The van der Waals surface area contributed by atoms with Gasteiger partial charge in [-0.1, -0.05) is 0 Å².